The molecule has 29 heavy (non-hydrogen) atoms. The number of nitrogens with one attached hydrogen (secondary N) is 1. The number of para-hydroxylation sites is 2. The molecule has 0 unspecified atom stereocenters. The number of carbonyl (C=O) groups excluding carboxylic acids is 1. The molecule has 0 spiro atoms. The second-order valence-corrected chi connectivity index (χ2v) is 6.59. The first-order chi connectivity index (χ1) is 14.2. The Morgan fingerprint density at radius 3 is 2.55 bits per heavy atom. The summed E-state index contributed by atoms with van der Waals surface area (Å²) >= 11 is 0. The monoisotopic (exact) mass is 383 g/mol. The van der Waals surface area contributed by atoms with Crippen molar-refractivity contribution in [3.63, 3.8) is 0 Å². The van der Waals surface area contributed by atoms with Crippen LogP contribution in [0.5, 0.6) is 5.75 Å². The molecular weight excluding hydrogens is 366 g/mol. The van der Waals surface area contributed by atoms with Crippen LogP contribution in [0.1, 0.15) is 10.5 Å². The first-order valence-electron chi connectivity index (χ1n) is 9.14. The molecule has 1 N–H and O–H groups in total. The van der Waals surface area contributed by atoms with E-state index in [1.54, 1.807) is 10.9 Å². The van der Waals surface area contributed by atoms with Gasteiger partial charge in [0.25, 0.3) is 5.91 Å². The predicted octanol–water partition coefficient (Wildman–Crippen LogP) is 5.03. The first kappa shape index (κ1) is 17.1. The maximum absolute atomic E-state index is 12.9. The number of carbonyl (C=O) groups is 1. The topological polar surface area (TPSA) is 69.3 Å². The molecule has 5 aromatic rings. The van der Waals surface area contributed by atoms with E-state index in [2.05, 4.69) is 10.4 Å². The fourth-order valence-electron chi connectivity index (χ4n) is 3.37. The minimum Gasteiger partial charge on any atom is -0.493 e. The molecule has 5 rings (SSSR count). The van der Waals surface area contributed by atoms with Crippen molar-refractivity contribution in [2.45, 2.75) is 0 Å². The maximum atomic E-state index is 12.9. The summed E-state index contributed by atoms with van der Waals surface area (Å²) in [6, 6.07) is 22.9. The van der Waals surface area contributed by atoms with Gasteiger partial charge in [-0.05, 0) is 36.4 Å². The van der Waals surface area contributed by atoms with Crippen LogP contribution in [0, 0.1) is 0 Å². The molecule has 0 saturated carbocycles. The summed E-state index contributed by atoms with van der Waals surface area (Å²) in [5.41, 5.74) is 3.30. The van der Waals surface area contributed by atoms with E-state index in [0.717, 1.165) is 27.6 Å². The van der Waals surface area contributed by atoms with E-state index in [9.17, 15) is 4.79 Å². The molecule has 6 heteroatoms. The molecule has 0 saturated heterocycles. The highest BCUT2D eigenvalue weighted by atomic mass is 16.5. The fourth-order valence-corrected chi connectivity index (χ4v) is 3.37. The third kappa shape index (κ3) is 3.00. The van der Waals surface area contributed by atoms with Crippen LogP contribution in [-0.2, 0) is 0 Å². The zero-order chi connectivity index (χ0) is 19.8. The number of nitrogens with zero attached hydrogens (tertiary/aromatic N) is 2. The van der Waals surface area contributed by atoms with Crippen molar-refractivity contribution in [2.75, 3.05) is 12.4 Å². The van der Waals surface area contributed by atoms with Gasteiger partial charge < -0.3 is 14.5 Å². The normalized spacial score (nSPS) is 11.1. The van der Waals surface area contributed by atoms with Gasteiger partial charge in [-0.1, -0.05) is 36.4 Å². The highest BCUT2D eigenvalue weighted by molar-refractivity contribution is 6.09. The van der Waals surface area contributed by atoms with Gasteiger partial charge in [0.2, 0.25) is 0 Å². The molecule has 0 aliphatic rings. The Balaban J connectivity index is 1.48. The SMILES string of the molecule is COc1cn(-c2ccccc2)nc1C(=O)Nc1ccc2oc3ccccc3c2c1. The minimum atomic E-state index is -0.344. The van der Waals surface area contributed by atoms with Gasteiger partial charge in [-0.3, -0.25) is 4.79 Å². The highest BCUT2D eigenvalue weighted by Crippen LogP contribution is 2.31. The number of fused-ring (bicyclic) bond motifs is 3. The van der Waals surface area contributed by atoms with E-state index in [1.165, 1.54) is 7.11 Å². The number of amides is 1. The number of aromatic nitrogens is 2. The molecule has 142 valence electrons. The average Bonchev–Trinajstić information content (AvgIpc) is 3.36. The van der Waals surface area contributed by atoms with E-state index in [-0.39, 0.29) is 11.6 Å². The summed E-state index contributed by atoms with van der Waals surface area (Å²) in [5, 5.41) is 9.27. The van der Waals surface area contributed by atoms with E-state index in [4.69, 9.17) is 9.15 Å². The van der Waals surface area contributed by atoms with Crippen LogP contribution in [0.4, 0.5) is 5.69 Å². The standard InChI is InChI=1S/C23H17N3O3/c1-28-21-14-26(16-7-3-2-4-8-16)25-22(21)23(27)24-15-11-12-20-18(13-15)17-9-5-6-10-19(17)29-20/h2-14H,1H3,(H,24,27). The van der Waals surface area contributed by atoms with Gasteiger partial charge in [-0.2, -0.15) is 5.10 Å². The van der Waals surface area contributed by atoms with Crippen molar-refractivity contribution in [1.82, 2.24) is 9.78 Å². The third-order valence-corrected chi connectivity index (χ3v) is 4.77. The van der Waals surface area contributed by atoms with Crippen LogP contribution >= 0.6 is 0 Å². The molecule has 2 heterocycles. The smallest absolute Gasteiger partial charge is 0.280 e. The Labute approximate surface area is 166 Å². The highest BCUT2D eigenvalue weighted by Gasteiger charge is 2.19. The predicted molar refractivity (Wildman–Crippen MR) is 112 cm³/mol. The number of hydrogen-bond acceptors (Lipinski definition) is 4. The quantitative estimate of drug-likeness (QED) is 0.472. The molecule has 0 aliphatic heterocycles. The van der Waals surface area contributed by atoms with Crippen LogP contribution in [0.25, 0.3) is 27.6 Å². The fraction of sp³-hybridized carbons (Fsp3) is 0.0435. The first-order valence-corrected chi connectivity index (χ1v) is 9.14. The van der Waals surface area contributed by atoms with Gasteiger partial charge in [0.05, 0.1) is 19.0 Å². The Morgan fingerprint density at radius 2 is 1.72 bits per heavy atom. The molecule has 0 fully saturated rings. The molecule has 2 aromatic heterocycles. The lowest BCUT2D eigenvalue weighted by molar-refractivity contribution is 0.101. The van der Waals surface area contributed by atoms with Gasteiger partial charge in [0, 0.05) is 16.5 Å². The van der Waals surface area contributed by atoms with E-state index in [0.29, 0.717) is 11.4 Å². The maximum Gasteiger partial charge on any atom is 0.280 e. The minimum absolute atomic E-state index is 0.216. The van der Waals surface area contributed by atoms with Gasteiger partial charge in [-0.15, -0.1) is 0 Å². The zero-order valence-corrected chi connectivity index (χ0v) is 15.6. The third-order valence-electron chi connectivity index (χ3n) is 4.77. The zero-order valence-electron chi connectivity index (χ0n) is 15.6. The average molecular weight is 383 g/mol. The molecule has 3 aromatic carbocycles. The van der Waals surface area contributed by atoms with Gasteiger partial charge in [0.15, 0.2) is 11.4 Å². The molecule has 6 nitrogen and oxygen atoms in total. The lowest BCUT2D eigenvalue weighted by Gasteiger charge is -2.05. The number of rotatable bonds is 4. The number of hydrogen-bond donors (Lipinski definition) is 1. The van der Waals surface area contributed by atoms with E-state index >= 15 is 0 Å². The molecule has 1 amide bonds. The lowest BCUT2D eigenvalue weighted by atomic mass is 10.1. The Hall–Kier alpha value is -4.06. The van der Waals surface area contributed by atoms with Crippen molar-refractivity contribution in [1.29, 1.82) is 0 Å². The number of furan rings is 1. The van der Waals surface area contributed by atoms with Crippen molar-refractivity contribution < 1.29 is 13.9 Å². The van der Waals surface area contributed by atoms with Crippen molar-refractivity contribution >= 4 is 33.5 Å². The van der Waals surface area contributed by atoms with Crippen LogP contribution in [-0.4, -0.2) is 22.8 Å². The number of anilines is 1. The summed E-state index contributed by atoms with van der Waals surface area (Å²) in [6.07, 6.45) is 1.69. The Morgan fingerprint density at radius 1 is 0.966 bits per heavy atom. The van der Waals surface area contributed by atoms with E-state index < -0.39 is 0 Å². The Bertz CT molecular complexity index is 1340. The van der Waals surface area contributed by atoms with Crippen molar-refractivity contribution in [3.8, 4) is 11.4 Å². The van der Waals surface area contributed by atoms with Gasteiger partial charge >= 0.3 is 0 Å². The van der Waals surface area contributed by atoms with Crippen LogP contribution in [0.2, 0.25) is 0 Å². The summed E-state index contributed by atoms with van der Waals surface area (Å²) in [5.74, 6) is 0.0601. The van der Waals surface area contributed by atoms with Crippen LogP contribution in [0.3, 0.4) is 0 Å². The van der Waals surface area contributed by atoms with Crippen LogP contribution in [0.15, 0.2) is 83.4 Å². The second kappa shape index (κ2) is 6.83. The van der Waals surface area contributed by atoms with Crippen molar-refractivity contribution in [2.24, 2.45) is 0 Å². The summed E-state index contributed by atoms with van der Waals surface area (Å²) in [6.45, 7) is 0. The van der Waals surface area contributed by atoms with Gasteiger partial charge in [0.1, 0.15) is 11.2 Å². The Kier molecular flexibility index (Phi) is 4.02. The molecular formula is C23H17N3O3. The number of benzene rings is 3. The molecule has 0 radical (unpaired) electrons. The lowest BCUT2D eigenvalue weighted by Crippen LogP contribution is -2.14. The number of ether oxygens (including phenoxy) is 1. The van der Waals surface area contributed by atoms with E-state index in [1.807, 2.05) is 72.8 Å². The largest absolute Gasteiger partial charge is 0.493 e. The summed E-state index contributed by atoms with van der Waals surface area (Å²) < 4.78 is 12.8. The summed E-state index contributed by atoms with van der Waals surface area (Å²) in [7, 11) is 1.52. The van der Waals surface area contributed by atoms with Crippen molar-refractivity contribution in [3.05, 3.63) is 84.7 Å². The summed E-state index contributed by atoms with van der Waals surface area (Å²) in [4.78, 5) is 12.9. The van der Waals surface area contributed by atoms with Gasteiger partial charge in [-0.25, -0.2) is 4.68 Å². The molecule has 0 bridgehead atoms. The van der Waals surface area contributed by atoms with Crippen LogP contribution < -0.4 is 10.1 Å². The number of methoxy groups -OCH3 is 1. The molecule has 0 atom stereocenters. The molecule has 0 aliphatic carbocycles. The second-order valence-electron chi connectivity index (χ2n) is 6.59.